The molecule has 2 aromatic carbocycles. The molecule has 3 rings (SSSR count). The second-order valence-electron chi connectivity index (χ2n) is 8.21. The van der Waals surface area contributed by atoms with Gasteiger partial charge in [-0.15, -0.1) is 0 Å². The summed E-state index contributed by atoms with van der Waals surface area (Å²) in [6.45, 7) is 5.93. The van der Waals surface area contributed by atoms with Crippen molar-refractivity contribution < 1.29 is 14.8 Å². The number of piperazine rings is 1. The molecule has 8 heteroatoms. The van der Waals surface area contributed by atoms with E-state index in [1.165, 1.54) is 23.9 Å². The Morgan fingerprint density at radius 2 is 2.00 bits per heavy atom. The zero-order valence-corrected chi connectivity index (χ0v) is 19.4. The fourth-order valence-corrected chi connectivity index (χ4v) is 4.83. The van der Waals surface area contributed by atoms with Crippen LogP contribution in [0.5, 0.6) is 0 Å². The third kappa shape index (κ3) is 5.76. The summed E-state index contributed by atoms with van der Waals surface area (Å²) < 4.78 is 0. The van der Waals surface area contributed by atoms with E-state index >= 15 is 0 Å². The van der Waals surface area contributed by atoms with Crippen molar-refractivity contribution in [2.75, 3.05) is 33.3 Å². The minimum atomic E-state index is -0.383. The number of hydrogen-bond donors (Lipinski definition) is 1. The van der Waals surface area contributed by atoms with Crippen LogP contribution < -0.4 is 0 Å². The van der Waals surface area contributed by atoms with Gasteiger partial charge in [0.05, 0.1) is 22.5 Å². The highest BCUT2D eigenvalue weighted by atomic mass is 32.2. The molecule has 1 amide bonds. The molecule has 1 saturated heterocycles. The summed E-state index contributed by atoms with van der Waals surface area (Å²) in [4.78, 5) is 29.2. The van der Waals surface area contributed by atoms with Crippen LogP contribution in [0.2, 0.25) is 0 Å². The van der Waals surface area contributed by atoms with Crippen molar-refractivity contribution in [1.29, 1.82) is 0 Å². The van der Waals surface area contributed by atoms with Gasteiger partial charge < -0.3 is 10.0 Å². The molecule has 1 aliphatic rings. The van der Waals surface area contributed by atoms with Crippen LogP contribution in [0.15, 0.2) is 58.3 Å². The van der Waals surface area contributed by atoms with E-state index in [1.807, 2.05) is 36.2 Å². The highest BCUT2D eigenvalue weighted by molar-refractivity contribution is 7.99. The lowest BCUT2D eigenvalue weighted by atomic mass is 10.0. The summed E-state index contributed by atoms with van der Waals surface area (Å²) >= 11 is 1.39. The first-order valence-electron chi connectivity index (χ1n) is 10.6. The van der Waals surface area contributed by atoms with Gasteiger partial charge in [0.25, 0.3) is 5.69 Å². The average molecular weight is 456 g/mol. The summed E-state index contributed by atoms with van der Waals surface area (Å²) in [7, 11) is 1.93. The van der Waals surface area contributed by atoms with Gasteiger partial charge in [-0.25, -0.2) is 0 Å². The third-order valence-electron chi connectivity index (χ3n) is 5.66. The molecule has 0 spiro atoms. The zero-order valence-electron chi connectivity index (χ0n) is 18.6. The number of amides is 1. The first-order valence-corrected chi connectivity index (χ1v) is 11.4. The van der Waals surface area contributed by atoms with Gasteiger partial charge >= 0.3 is 0 Å². The van der Waals surface area contributed by atoms with Gasteiger partial charge in [-0.05, 0) is 42.3 Å². The fourth-order valence-electron chi connectivity index (χ4n) is 3.65. The third-order valence-corrected chi connectivity index (χ3v) is 6.82. The van der Waals surface area contributed by atoms with E-state index in [-0.39, 0.29) is 29.2 Å². The molecule has 0 aromatic heterocycles. The van der Waals surface area contributed by atoms with Crippen molar-refractivity contribution in [2.45, 2.75) is 35.6 Å². The molecule has 0 bridgehead atoms. The Hall–Kier alpha value is -2.68. The van der Waals surface area contributed by atoms with Crippen LogP contribution in [0.1, 0.15) is 30.9 Å². The highest BCUT2D eigenvalue weighted by Gasteiger charge is 2.25. The van der Waals surface area contributed by atoms with Crippen LogP contribution in [0.3, 0.4) is 0 Å². The van der Waals surface area contributed by atoms with Crippen LogP contribution in [-0.4, -0.2) is 65.1 Å². The van der Waals surface area contributed by atoms with Gasteiger partial charge in [0.15, 0.2) is 0 Å². The maximum absolute atomic E-state index is 12.6. The van der Waals surface area contributed by atoms with Gasteiger partial charge in [0.2, 0.25) is 5.91 Å². The van der Waals surface area contributed by atoms with E-state index in [1.54, 1.807) is 23.1 Å². The standard InChI is InChI=1S/C24H29N3O4S/c1-17(2)20-6-4-5-7-22(20)32-23-10-8-18(14-21(23)27(30)31)9-11-24(29)26-13-12-25(3)19(15-26)16-28/h4-11,14,17,19,28H,12-13,15-16H2,1-3H3. The van der Waals surface area contributed by atoms with E-state index in [0.29, 0.717) is 36.0 Å². The number of hydrogen-bond acceptors (Lipinski definition) is 6. The predicted octanol–water partition coefficient (Wildman–Crippen LogP) is 4.02. The maximum Gasteiger partial charge on any atom is 0.283 e. The normalized spacial score (nSPS) is 17.3. The molecule has 1 unspecified atom stereocenters. The first kappa shape index (κ1) is 24.0. The van der Waals surface area contributed by atoms with Crippen LogP contribution in [-0.2, 0) is 4.79 Å². The van der Waals surface area contributed by atoms with Gasteiger partial charge in [-0.1, -0.05) is 49.9 Å². The largest absolute Gasteiger partial charge is 0.395 e. The summed E-state index contributed by atoms with van der Waals surface area (Å²) in [6, 6.07) is 12.9. The first-order chi connectivity index (χ1) is 15.3. The molecule has 7 nitrogen and oxygen atoms in total. The SMILES string of the molecule is CC(C)c1ccccc1Sc1ccc(C=CC(=O)N2CCN(C)C(CO)C2)cc1[N+](=O)[O-]. The molecule has 32 heavy (non-hydrogen) atoms. The average Bonchev–Trinajstić information content (AvgIpc) is 2.78. The number of carbonyl (C=O) groups is 1. The Morgan fingerprint density at radius 1 is 1.25 bits per heavy atom. The Kier molecular flexibility index (Phi) is 8.06. The number of likely N-dealkylation sites (N-methyl/N-ethyl adjacent to an activating group) is 1. The minimum Gasteiger partial charge on any atom is -0.395 e. The number of nitro groups is 1. The minimum absolute atomic E-state index is 0.00471. The molecule has 1 aliphatic heterocycles. The van der Waals surface area contributed by atoms with Crippen molar-refractivity contribution in [1.82, 2.24) is 9.80 Å². The Morgan fingerprint density at radius 3 is 2.69 bits per heavy atom. The number of rotatable bonds is 7. The smallest absolute Gasteiger partial charge is 0.283 e. The molecule has 0 saturated carbocycles. The lowest BCUT2D eigenvalue weighted by molar-refractivity contribution is -0.387. The van der Waals surface area contributed by atoms with E-state index < -0.39 is 0 Å². The topological polar surface area (TPSA) is 86.9 Å². The van der Waals surface area contributed by atoms with Crippen LogP contribution in [0, 0.1) is 10.1 Å². The number of carbonyl (C=O) groups excluding carboxylic acids is 1. The van der Waals surface area contributed by atoms with Crippen LogP contribution in [0.4, 0.5) is 5.69 Å². The Bertz CT molecular complexity index is 1010. The second kappa shape index (κ2) is 10.8. The number of nitro benzene ring substituents is 1. The maximum atomic E-state index is 12.6. The number of nitrogens with zero attached hydrogens (tertiary/aromatic N) is 3. The molecule has 1 heterocycles. The summed E-state index contributed by atoms with van der Waals surface area (Å²) in [5.74, 6) is 0.148. The molecule has 1 N–H and O–H groups in total. The molecular formula is C24H29N3O4S. The van der Waals surface area contributed by atoms with Crippen molar-refractivity contribution in [3.63, 3.8) is 0 Å². The number of benzene rings is 2. The summed E-state index contributed by atoms with van der Waals surface area (Å²) in [5.41, 5.74) is 1.76. The van der Waals surface area contributed by atoms with Crippen molar-refractivity contribution in [3.8, 4) is 0 Å². The molecule has 0 radical (unpaired) electrons. The van der Waals surface area contributed by atoms with Gasteiger partial charge in [-0.2, -0.15) is 0 Å². The summed E-state index contributed by atoms with van der Waals surface area (Å²) in [5, 5.41) is 21.2. The van der Waals surface area contributed by atoms with E-state index in [9.17, 15) is 20.0 Å². The Balaban J connectivity index is 1.78. The monoisotopic (exact) mass is 455 g/mol. The molecule has 1 fully saturated rings. The zero-order chi connectivity index (χ0) is 23.3. The van der Waals surface area contributed by atoms with Gasteiger partial charge in [0, 0.05) is 36.7 Å². The number of aliphatic hydroxyl groups is 1. The highest BCUT2D eigenvalue weighted by Crippen LogP contribution is 2.39. The molecule has 0 aliphatic carbocycles. The van der Waals surface area contributed by atoms with Crippen LogP contribution >= 0.6 is 11.8 Å². The lowest BCUT2D eigenvalue weighted by Crippen LogP contribution is -2.54. The van der Waals surface area contributed by atoms with Crippen molar-refractivity contribution in [3.05, 3.63) is 69.8 Å². The fraction of sp³-hybridized carbons (Fsp3) is 0.375. The van der Waals surface area contributed by atoms with Crippen molar-refractivity contribution >= 4 is 29.4 Å². The molecule has 1 atom stereocenters. The van der Waals surface area contributed by atoms with Gasteiger partial charge in [0.1, 0.15) is 0 Å². The molecule has 2 aromatic rings. The van der Waals surface area contributed by atoms with E-state index in [4.69, 9.17) is 0 Å². The van der Waals surface area contributed by atoms with E-state index in [2.05, 4.69) is 13.8 Å². The van der Waals surface area contributed by atoms with E-state index in [0.717, 1.165) is 10.5 Å². The Labute approximate surface area is 192 Å². The predicted molar refractivity (Wildman–Crippen MR) is 127 cm³/mol. The lowest BCUT2D eigenvalue weighted by Gasteiger charge is -2.38. The second-order valence-corrected chi connectivity index (χ2v) is 9.30. The van der Waals surface area contributed by atoms with Crippen LogP contribution in [0.25, 0.3) is 6.08 Å². The van der Waals surface area contributed by atoms with Crippen molar-refractivity contribution in [2.24, 2.45) is 0 Å². The van der Waals surface area contributed by atoms with Gasteiger partial charge in [-0.3, -0.25) is 19.8 Å². The quantitative estimate of drug-likeness (QED) is 0.386. The molecule has 170 valence electrons. The molecular weight excluding hydrogens is 426 g/mol. The summed E-state index contributed by atoms with van der Waals surface area (Å²) in [6.07, 6.45) is 3.05. The number of aliphatic hydroxyl groups excluding tert-OH is 1.